The zero-order chi connectivity index (χ0) is 84.5. The maximum absolute atomic E-state index is 10.8. The number of azide groups is 1. The smallest absolute Gasteiger partial charge is 0.185 e. The van der Waals surface area contributed by atoms with Crippen molar-refractivity contribution in [1.82, 2.24) is 0 Å². The topological polar surface area (TPSA) is 224 Å². The second-order valence-corrected chi connectivity index (χ2v) is 35.3. The van der Waals surface area contributed by atoms with Crippen molar-refractivity contribution >= 4 is 0 Å². The molecule has 22 nitrogen and oxygen atoms in total. The highest BCUT2D eigenvalue weighted by molar-refractivity contribution is 5.20. The lowest BCUT2D eigenvalue weighted by atomic mass is 9.78. The first-order valence-corrected chi connectivity index (χ1v) is 44.2. The number of hydrogen-bond donors (Lipinski definition) is 0. The lowest BCUT2D eigenvalue weighted by Crippen LogP contribution is -2.64. The highest BCUT2D eigenvalue weighted by Crippen LogP contribution is 2.48. The molecule has 1 saturated carbocycles. The fraction of sp³-hybridized carbons (Fsp3) is 0.576. The van der Waals surface area contributed by atoms with Gasteiger partial charge in [0.2, 0.25) is 0 Å². The van der Waals surface area contributed by atoms with Gasteiger partial charge in [-0.2, -0.15) is 0 Å². The number of nitrogens with zero attached hydrogens (tertiary/aromatic N) is 3. The third-order valence-corrected chi connectivity index (χ3v) is 26.7. The zero-order valence-corrected chi connectivity index (χ0v) is 72.7. The Bertz CT molecular complexity index is 4230. The molecule has 1 aliphatic carbocycles. The second-order valence-electron chi connectivity index (χ2n) is 35.3. The van der Waals surface area contributed by atoms with Crippen molar-refractivity contribution in [3.63, 3.8) is 0 Å². The molecule has 7 aromatic rings. The second kappa shape index (κ2) is 43.3. The maximum Gasteiger partial charge on any atom is 0.185 e. The molecule has 0 bridgehead atoms. The van der Waals surface area contributed by atoms with Crippen molar-refractivity contribution in [1.29, 1.82) is 0 Å². The third-order valence-electron chi connectivity index (χ3n) is 26.7. The van der Waals surface area contributed by atoms with Crippen molar-refractivity contribution in [2.24, 2.45) is 64.3 Å². The van der Waals surface area contributed by atoms with Crippen LogP contribution in [0.2, 0.25) is 0 Å². The number of ether oxygens (including phenoxy) is 19. The minimum absolute atomic E-state index is 0.0000278. The van der Waals surface area contributed by atoms with Crippen molar-refractivity contribution in [3.05, 3.63) is 262 Å². The fourth-order valence-electron chi connectivity index (χ4n) is 18.6. The monoisotopic (exact) mass is 1660 g/mol. The third kappa shape index (κ3) is 22.9. The number of rotatable bonds is 37. The summed E-state index contributed by atoms with van der Waals surface area (Å²) < 4.78 is 136. The Kier molecular flexibility index (Phi) is 32.3. The summed E-state index contributed by atoms with van der Waals surface area (Å²) >= 11 is 0. The van der Waals surface area contributed by atoms with E-state index in [1.807, 2.05) is 197 Å². The van der Waals surface area contributed by atoms with E-state index in [0.717, 1.165) is 45.4 Å². The molecule has 654 valence electrons. The average Bonchev–Trinajstić information content (AvgIpc) is 1.58. The van der Waals surface area contributed by atoms with Crippen LogP contribution in [-0.2, 0) is 136 Å². The molecule has 6 saturated heterocycles. The summed E-state index contributed by atoms with van der Waals surface area (Å²) in [5.74, 6) is -2.57. The van der Waals surface area contributed by atoms with Gasteiger partial charge in [-0.3, -0.25) is 0 Å². The molecule has 0 spiro atoms. The van der Waals surface area contributed by atoms with E-state index in [2.05, 4.69) is 116 Å². The van der Waals surface area contributed by atoms with Gasteiger partial charge in [-0.1, -0.05) is 294 Å². The van der Waals surface area contributed by atoms with Crippen LogP contribution in [0, 0.1) is 59.2 Å². The fourth-order valence-corrected chi connectivity index (χ4v) is 18.6. The van der Waals surface area contributed by atoms with E-state index in [1.54, 1.807) is 0 Å². The van der Waals surface area contributed by atoms with Crippen LogP contribution in [0.3, 0.4) is 0 Å². The van der Waals surface area contributed by atoms with E-state index in [1.165, 1.54) is 0 Å². The van der Waals surface area contributed by atoms with E-state index in [4.69, 9.17) is 90.0 Å². The molecule has 7 aromatic carbocycles. The van der Waals surface area contributed by atoms with E-state index in [0.29, 0.717) is 39.6 Å². The predicted octanol–water partition coefficient (Wildman–Crippen LogP) is 18.1. The Morgan fingerprint density at radius 2 is 0.587 bits per heavy atom. The van der Waals surface area contributed by atoms with Crippen LogP contribution < -0.4 is 0 Å². The lowest BCUT2D eigenvalue weighted by Gasteiger charge is -2.52. The summed E-state index contributed by atoms with van der Waals surface area (Å²) in [5.41, 5.74) is 17.9. The number of hydrogen-bond acceptors (Lipinski definition) is 20. The molecule has 7 fully saturated rings. The van der Waals surface area contributed by atoms with Gasteiger partial charge in [0.05, 0.1) is 121 Å². The molecule has 31 unspecified atom stereocenters. The zero-order valence-electron chi connectivity index (χ0n) is 72.7. The molecule has 0 amide bonds. The largest absolute Gasteiger partial charge is 0.374 e. The Morgan fingerprint density at radius 1 is 0.289 bits per heavy atom. The van der Waals surface area contributed by atoms with Crippen LogP contribution in [0.4, 0.5) is 0 Å². The van der Waals surface area contributed by atoms with Gasteiger partial charge in [0.15, 0.2) is 37.2 Å². The van der Waals surface area contributed by atoms with Gasteiger partial charge in [0.1, 0.15) is 48.8 Å². The Hall–Kier alpha value is -6.91. The first kappa shape index (κ1) is 90.3. The van der Waals surface area contributed by atoms with Gasteiger partial charge >= 0.3 is 0 Å². The summed E-state index contributed by atoms with van der Waals surface area (Å²) in [6.45, 7) is 30.8. The maximum atomic E-state index is 10.8. The van der Waals surface area contributed by atoms with Gasteiger partial charge < -0.3 is 90.0 Å². The van der Waals surface area contributed by atoms with Crippen LogP contribution in [0.5, 0.6) is 0 Å². The van der Waals surface area contributed by atoms with E-state index >= 15 is 0 Å². The van der Waals surface area contributed by atoms with Crippen LogP contribution in [0.25, 0.3) is 10.4 Å². The molecular formula is C99H129N3O19. The molecule has 22 heteroatoms. The Labute approximate surface area is 716 Å². The molecule has 6 aliphatic heterocycles. The standard InChI is InChI=1S/C99H129N3O19/c1-14-78-61(2)67(8)90(118-97-88(109-56-77-48-34-21-35-49-77)65(6)62(3)80(113-97)58-104-51-72-38-24-16-25-39-72)98(111-78)117-89-68(9)64(5)79(57-103-50-71-36-22-15-23-37-71)112-95(89)110-60-81-63(4)66(7)87(108-55-76-46-32-20-33-47-76)96(114-81)116-84-69(10)83(101-102-100)94(115-82(84)59-105-52-73-40-26-17-27-41-73)119-91-85(106-53-74-42-28-18-29-43-74)70(11)86(92-93(91)121-99(12,13)120-92)107-54-75-44-30-19-31-45-75/h15-49,61-70,78-98H,14,50-60H2,1-13H3. The van der Waals surface area contributed by atoms with Gasteiger partial charge in [0, 0.05) is 10.8 Å². The molecule has 7 aliphatic rings. The Balaban J connectivity index is 0.760. The van der Waals surface area contributed by atoms with Gasteiger partial charge in [-0.25, -0.2) is 0 Å². The van der Waals surface area contributed by atoms with E-state index < -0.39 is 129 Å². The molecule has 0 radical (unpaired) electrons. The normalized spacial score (nSPS) is 36.0. The van der Waals surface area contributed by atoms with E-state index in [9.17, 15) is 5.53 Å². The van der Waals surface area contributed by atoms with E-state index in [-0.39, 0.29) is 98.5 Å². The summed E-state index contributed by atoms with van der Waals surface area (Å²) in [4.78, 5) is 3.52. The Morgan fingerprint density at radius 3 is 0.992 bits per heavy atom. The number of fused-ring (bicyclic) bond motifs is 1. The molecule has 31 atom stereocenters. The van der Waals surface area contributed by atoms with Crippen LogP contribution in [0.15, 0.2) is 217 Å². The van der Waals surface area contributed by atoms with Gasteiger partial charge in [-0.05, 0) is 118 Å². The molecular weight excluding hydrogens is 1540 g/mol. The lowest BCUT2D eigenvalue weighted by molar-refractivity contribution is -0.381. The first-order valence-electron chi connectivity index (χ1n) is 44.2. The van der Waals surface area contributed by atoms with Gasteiger partial charge in [0.25, 0.3) is 0 Å². The van der Waals surface area contributed by atoms with Crippen molar-refractivity contribution < 1.29 is 90.0 Å². The average molecular weight is 1670 g/mol. The molecule has 121 heavy (non-hydrogen) atoms. The van der Waals surface area contributed by atoms with Crippen LogP contribution >= 0.6 is 0 Å². The minimum atomic E-state index is -1.18. The predicted molar refractivity (Wildman–Crippen MR) is 456 cm³/mol. The molecule has 0 N–H and O–H groups in total. The summed E-state index contributed by atoms with van der Waals surface area (Å²) in [6, 6.07) is 69.8. The van der Waals surface area contributed by atoms with Crippen LogP contribution in [0.1, 0.15) is 135 Å². The summed E-state index contributed by atoms with van der Waals surface area (Å²) in [6.07, 6.45) is -13.2. The molecule has 6 heterocycles. The first-order chi connectivity index (χ1) is 58.8. The quantitative estimate of drug-likeness (QED) is 0.0200. The van der Waals surface area contributed by atoms with Crippen molar-refractivity contribution in [2.75, 3.05) is 26.4 Å². The molecule has 14 rings (SSSR count). The van der Waals surface area contributed by atoms with Crippen LogP contribution in [-0.4, -0.2) is 161 Å². The highest BCUT2D eigenvalue weighted by atomic mass is 16.8. The number of benzene rings is 7. The van der Waals surface area contributed by atoms with Crippen molar-refractivity contribution in [3.8, 4) is 0 Å². The molecule has 0 aromatic heterocycles. The van der Waals surface area contributed by atoms with Gasteiger partial charge in [-0.15, -0.1) is 0 Å². The SMILES string of the molecule is CCC1OC(OC2C(OCC3OC(OC4C(COCc5ccccc5)OC(OC5C(OCc6ccccc6)C(C)C(OCc6ccccc6)C6OC(C)(C)OC56)C(N=[N+]=[N-])C4C)C(OCc4ccccc4)C(C)C3C)OC(COCc3ccccc3)C(C)C2C)C(OC2OC(COCc3ccccc3)C(C)C(C)C2OCc2ccccc2)C(C)C1C. The van der Waals surface area contributed by atoms with Crippen molar-refractivity contribution in [2.45, 2.75) is 278 Å². The summed E-state index contributed by atoms with van der Waals surface area (Å²) in [5, 5.41) is 4.58. The highest BCUT2D eigenvalue weighted by Gasteiger charge is 2.61. The minimum Gasteiger partial charge on any atom is -0.374 e. The summed E-state index contributed by atoms with van der Waals surface area (Å²) in [7, 11) is 0.